The molecule has 0 bridgehead atoms. The van der Waals surface area contributed by atoms with Crippen molar-refractivity contribution in [2.24, 2.45) is 17.3 Å². The summed E-state index contributed by atoms with van der Waals surface area (Å²) in [5.74, 6) is -0.327. The molecule has 1 fully saturated rings. The van der Waals surface area contributed by atoms with Crippen molar-refractivity contribution in [3.63, 3.8) is 0 Å². The van der Waals surface area contributed by atoms with Crippen molar-refractivity contribution in [1.82, 2.24) is 9.36 Å². The molecule has 1 saturated heterocycles. The van der Waals surface area contributed by atoms with Gasteiger partial charge < -0.3 is 9.80 Å². The summed E-state index contributed by atoms with van der Waals surface area (Å²) in [6.45, 7) is 1.82. The maximum Gasteiger partial charge on any atom is 0.296 e. The van der Waals surface area contributed by atoms with Gasteiger partial charge in [0.05, 0.1) is 22.5 Å². The molecule has 1 aromatic heterocycles. The average molecular weight is 580 g/mol. The highest BCUT2D eigenvalue weighted by Gasteiger charge is 2.39. The van der Waals surface area contributed by atoms with E-state index in [-0.39, 0.29) is 17.2 Å². The van der Waals surface area contributed by atoms with Gasteiger partial charge in [-0.25, -0.2) is 9.58 Å². The van der Waals surface area contributed by atoms with Crippen LogP contribution in [0.5, 0.6) is 0 Å². The molecule has 5 rings (SSSR count). The number of hydrogen-bond acceptors (Lipinski definition) is 7. The summed E-state index contributed by atoms with van der Waals surface area (Å²) in [6.07, 6.45) is 3.46. The van der Waals surface area contributed by atoms with Crippen LogP contribution in [0, 0.1) is 6.92 Å². The van der Waals surface area contributed by atoms with Gasteiger partial charge in [0.25, 0.3) is 11.5 Å². The molecule has 1 aliphatic heterocycles. The van der Waals surface area contributed by atoms with Crippen LogP contribution in [-0.2, 0) is 11.8 Å². The van der Waals surface area contributed by atoms with E-state index in [2.05, 4.69) is 10.2 Å². The Morgan fingerprint density at radius 3 is 1.93 bits per heavy atom. The summed E-state index contributed by atoms with van der Waals surface area (Å²) in [5.41, 5.74) is 5.12. The number of carbonyl (C=O) groups is 1. The number of anilines is 3. The van der Waals surface area contributed by atoms with E-state index in [4.69, 9.17) is 0 Å². The van der Waals surface area contributed by atoms with Crippen LogP contribution in [0.3, 0.4) is 0 Å². The fraction of sp³-hybridized carbons (Fsp3) is 0.188. The molecule has 214 valence electrons. The molecule has 0 spiro atoms. The van der Waals surface area contributed by atoms with Crippen LogP contribution in [0.1, 0.15) is 16.8 Å². The predicted octanol–water partition coefficient (Wildman–Crippen LogP) is 5.13. The fourth-order valence-electron chi connectivity index (χ4n) is 4.57. The fourth-order valence-corrected chi connectivity index (χ4v) is 5.50. The number of benzene rings is 3. The Labute approximate surface area is 249 Å². The lowest BCUT2D eigenvalue weighted by molar-refractivity contribution is -0.113. The van der Waals surface area contributed by atoms with Crippen LogP contribution >= 0.6 is 11.8 Å². The quantitative estimate of drug-likeness (QED) is 0.172. The summed E-state index contributed by atoms with van der Waals surface area (Å²) in [5, 5.41) is 9.07. The van der Waals surface area contributed by atoms with Crippen molar-refractivity contribution in [2.45, 2.75) is 6.92 Å². The van der Waals surface area contributed by atoms with Crippen LogP contribution in [0.15, 0.2) is 98.8 Å². The van der Waals surface area contributed by atoms with Gasteiger partial charge in [0.2, 0.25) is 5.17 Å². The second-order valence-electron chi connectivity index (χ2n) is 10.3. The molecular formula is C32H33N7O2S. The second-order valence-corrected chi connectivity index (χ2v) is 11.3. The van der Waals surface area contributed by atoms with E-state index < -0.39 is 0 Å². The predicted molar refractivity (Wildman–Crippen MR) is 175 cm³/mol. The molecule has 1 aliphatic rings. The van der Waals surface area contributed by atoms with E-state index in [1.165, 1.54) is 16.7 Å². The van der Waals surface area contributed by atoms with E-state index in [1.54, 1.807) is 22.6 Å². The highest BCUT2D eigenvalue weighted by molar-refractivity contribution is 8.19. The van der Waals surface area contributed by atoms with Crippen molar-refractivity contribution in [1.29, 1.82) is 0 Å². The second kappa shape index (κ2) is 12.0. The number of amidine groups is 1. The zero-order valence-electron chi connectivity index (χ0n) is 24.5. The lowest BCUT2D eigenvalue weighted by Crippen LogP contribution is -2.33. The van der Waals surface area contributed by atoms with Crippen LogP contribution in [-0.4, -0.2) is 54.8 Å². The Kier molecular flexibility index (Phi) is 8.17. The normalized spacial score (nSPS) is 15.4. The molecule has 0 unspecified atom stereocenters. The molecule has 0 N–H and O–H groups in total. The van der Waals surface area contributed by atoms with Crippen molar-refractivity contribution < 1.29 is 4.79 Å². The first kappa shape index (κ1) is 28.7. The SMILES string of the molecule is Cc1c(N2C(=O)C(=Cc3ccc(N(C)C)cc3)SC2=NN=Cc2ccc(N(C)C)cc2)c(=O)n(-c2ccccc2)n1C. The third kappa shape index (κ3) is 5.66. The van der Waals surface area contributed by atoms with Gasteiger partial charge in [-0.15, -0.1) is 5.10 Å². The zero-order valence-corrected chi connectivity index (χ0v) is 25.3. The van der Waals surface area contributed by atoms with Gasteiger partial charge in [-0.05, 0) is 72.3 Å². The molecule has 9 nitrogen and oxygen atoms in total. The molecule has 0 saturated carbocycles. The smallest absolute Gasteiger partial charge is 0.296 e. The van der Waals surface area contributed by atoms with E-state index in [0.717, 1.165) is 22.5 Å². The Bertz CT molecular complexity index is 1750. The highest BCUT2D eigenvalue weighted by atomic mass is 32.2. The largest absolute Gasteiger partial charge is 0.378 e. The number of hydrogen-bond donors (Lipinski definition) is 0. The van der Waals surface area contributed by atoms with E-state index in [1.807, 2.05) is 130 Å². The van der Waals surface area contributed by atoms with E-state index in [0.29, 0.717) is 21.5 Å². The molecule has 3 aromatic carbocycles. The first-order valence-electron chi connectivity index (χ1n) is 13.4. The van der Waals surface area contributed by atoms with Crippen molar-refractivity contribution in [3.8, 4) is 5.69 Å². The van der Waals surface area contributed by atoms with Gasteiger partial charge in [0.15, 0.2) is 0 Å². The summed E-state index contributed by atoms with van der Waals surface area (Å²) < 4.78 is 3.30. The Hall–Kier alpha value is -4.83. The van der Waals surface area contributed by atoms with Crippen LogP contribution < -0.4 is 20.3 Å². The minimum Gasteiger partial charge on any atom is -0.378 e. The Morgan fingerprint density at radius 1 is 0.786 bits per heavy atom. The van der Waals surface area contributed by atoms with Gasteiger partial charge in [-0.3, -0.25) is 14.3 Å². The Morgan fingerprint density at radius 2 is 1.36 bits per heavy atom. The van der Waals surface area contributed by atoms with Gasteiger partial charge >= 0.3 is 0 Å². The summed E-state index contributed by atoms with van der Waals surface area (Å²) in [4.78, 5) is 33.6. The third-order valence-electron chi connectivity index (χ3n) is 7.02. The van der Waals surface area contributed by atoms with Crippen LogP contribution in [0.2, 0.25) is 0 Å². The molecule has 10 heteroatoms. The summed E-state index contributed by atoms with van der Waals surface area (Å²) in [6, 6.07) is 25.2. The highest BCUT2D eigenvalue weighted by Crippen LogP contribution is 2.36. The number of para-hydroxylation sites is 1. The first-order valence-corrected chi connectivity index (χ1v) is 14.2. The molecule has 0 atom stereocenters. The topological polar surface area (TPSA) is 78.4 Å². The lowest BCUT2D eigenvalue weighted by atomic mass is 10.2. The van der Waals surface area contributed by atoms with Gasteiger partial charge in [-0.1, -0.05) is 42.5 Å². The number of rotatable bonds is 7. The van der Waals surface area contributed by atoms with Crippen LogP contribution in [0.4, 0.5) is 17.1 Å². The number of nitrogens with zero attached hydrogens (tertiary/aromatic N) is 7. The molecule has 2 heterocycles. The van der Waals surface area contributed by atoms with Crippen molar-refractivity contribution in [2.75, 3.05) is 42.9 Å². The van der Waals surface area contributed by atoms with Gasteiger partial charge in [0, 0.05) is 46.6 Å². The molecule has 4 aromatic rings. The summed E-state index contributed by atoms with van der Waals surface area (Å²) in [7, 11) is 9.72. The van der Waals surface area contributed by atoms with Crippen molar-refractivity contribution >= 4 is 52.2 Å². The minimum atomic E-state index is -0.327. The maximum atomic E-state index is 13.9. The van der Waals surface area contributed by atoms with E-state index in [9.17, 15) is 9.59 Å². The number of aromatic nitrogens is 2. The van der Waals surface area contributed by atoms with Gasteiger partial charge in [0.1, 0.15) is 5.69 Å². The average Bonchev–Trinajstić information content (AvgIpc) is 3.39. The molecule has 42 heavy (non-hydrogen) atoms. The molecular weight excluding hydrogens is 546 g/mol. The minimum absolute atomic E-state index is 0.245. The molecule has 1 amide bonds. The maximum absolute atomic E-state index is 13.9. The number of thioether (sulfide) groups is 1. The van der Waals surface area contributed by atoms with E-state index >= 15 is 0 Å². The monoisotopic (exact) mass is 579 g/mol. The first-order chi connectivity index (χ1) is 20.2. The summed E-state index contributed by atoms with van der Waals surface area (Å²) >= 11 is 1.20. The Balaban J connectivity index is 1.57. The lowest BCUT2D eigenvalue weighted by Gasteiger charge is -2.13. The zero-order chi connectivity index (χ0) is 30.0. The molecule has 0 radical (unpaired) electrons. The standard InChI is InChI=1S/C32H33N7O2S/c1-22-29(31(41)39(37(22)6)27-10-8-7-9-11-27)38-30(40)28(20-23-12-16-25(17-13-23)35(2)3)42-32(38)34-33-21-24-14-18-26(19-15-24)36(4)5/h7-21H,1-6H3. The molecule has 0 aliphatic carbocycles. The number of carbonyl (C=O) groups excluding carboxylic acids is 1. The number of amides is 1. The van der Waals surface area contributed by atoms with Crippen LogP contribution in [0.25, 0.3) is 11.8 Å². The third-order valence-corrected chi connectivity index (χ3v) is 7.98. The van der Waals surface area contributed by atoms with Gasteiger partial charge in [-0.2, -0.15) is 5.10 Å². The van der Waals surface area contributed by atoms with Crippen molar-refractivity contribution in [3.05, 3.63) is 111 Å².